The van der Waals surface area contributed by atoms with E-state index in [0.29, 0.717) is 12.5 Å². The van der Waals surface area contributed by atoms with Gasteiger partial charge in [0.1, 0.15) is 0 Å². The monoisotopic (exact) mass is 210 g/mol. The van der Waals surface area contributed by atoms with Crippen LogP contribution in [0.4, 0.5) is 0 Å². The first-order chi connectivity index (χ1) is 7.20. The molecule has 0 aromatic carbocycles. The van der Waals surface area contributed by atoms with Gasteiger partial charge in [-0.15, -0.1) is 6.58 Å². The van der Waals surface area contributed by atoms with Crippen molar-refractivity contribution in [3.05, 3.63) is 12.7 Å². The van der Waals surface area contributed by atoms with Crippen molar-refractivity contribution >= 4 is 5.91 Å². The minimum atomic E-state index is -0.394. The Bertz CT molecular complexity index is 228. The number of hydrogen-bond donors (Lipinski definition) is 1. The average molecular weight is 210 g/mol. The first-order valence-electron chi connectivity index (χ1n) is 5.87. The minimum Gasteiger partial charge on any atom is -0.338 e. The van der Waals surface area contributed by atoms with Crippen LogP contribution in [0.15, 0.2) is 12.7 Å². The molecular formula is C12H22N2O. The number of hydrogen-bond acceptors (Lipinski definition) is 2. The van der Waals surface area contributed by atoms with Gasteiger partial charge in [0.25, 0.3) is 0 Å². The van der Waals surface area contributed by atoms with Crippen molar-refractivity contribution in [1.29, 1.82) is 0 Å². The van der Waals surface area contributed by atoms with Crippen LogP contribution >= 0.6 is 0 Å². The molecule has 1 aliphatic heterocycles. The Morgan fingerprint density at radius 3 is 3.00 bits per heavy atom. The summed E-state index contributed by atoms with van der Waals surface area (Å²) in [6.07, 6.45) is 6.80. The van der Waals surface area contributed by atoms with E-state index in [2.05, 4.69) is 13.5 Å². The summed E-state index contributed by atoms with van der Waals surface area (Å²) in [5.74, 6) is 0.0986. The normalized spacial score (nSPS) is 23.6. The molecule has 0 spiro atoms. The summed E-state index contributed by atoms with van der Waals surface area (Å²) in [7, 11) is 0. The van der Waals surface area contributed by atoms with Crippen LogP contribution in [0.3, 0.4) is 0 Å². The van der Waals surface area contributed by atoms with Crippen molar-refractivity contribution in [2.24, 2.45) is 5.73 Å². The molecule has 0 aliphatic carbocycles. The van der Waals surface area contributed by atoms with Crippen LogP contribution in [0.1, 0.15) is 39.0 Å². The summed E-state index contributed by atoms with van der Waals surface area (Å²) in [5, 5.41) is 0. The smallest absolute Gasteiger partial charge is 0.240 e. The predicted molar refractivity (Wildman–Crippen MR) is 62.4 cm³/mol. The molecule has 1 heterocycles. The molecule has 3 nitrogen and oxygen atoms in total. The molecule has 86 valence electrons. The van der Waals surface area contributed by atoms with Crippen molar-refractivity contribution in [3.63, 3.8) is 0 Å². The van der Waals surface area contributed by atoms with Crippen LogP contribution in [0.5, 0.6) is 0 Å². The van der Waals surface area contributed by atoms with Crippen LogP contribution in [0.2, 0.25) is 0 Å². The zero-order valence-electron chi connectivity index (χ0n) is 9.61. The molecule has 1 aliphatic rings. The second-order valence-corrected chi connectivity index (χ2v) is 4.22. The van der Waals surface area contributed by atoms with Crippen LogP contribution in [0.25, 0.3) is 0 Å². The van der Waals surface area contributed by atoms with Gasteiger partial charge in [-0.2, -0.15) is 0 Å². The fraction of sp³-hybridized carbons (Fsp3) is 0.750. The standard InChI is InChI=1S/C12H22N2O/c1-3-7-11(13)12(15)14-9-6-5-8-10(14)4-2/h3,10-11H,1,4-9,13H2,2H3. The number of likely N-dealkylation sites (tertiary alicyclic amines) is 1. The fourth-order valence-corrected chi connectivity index (χ4v) is 2.21. The van der Waals surface area contributed by atoms with Gasteiger partial charge < -0.3 is 10.6 Å². The maximum atomic E-state index is 12.0. The van der Waals surface area contributed by atoms with Gasteiger partial charge in [-0.05, 0) is 32.1 Å². The topological polar surface area (TPSA) is 46.3 Å². The quantitative estimate of drug-likeness (QED) is 0.718. The molecule has 3 heteroatoms. The summed E-state index contributed by atoms with van der Waals surface area (Å²) in [5.41, 5.74) is 5.81. The lowest BCUT2D eigenvalue weighted by atomic mass is 9.98. The van der Waals surface area contributed by atoms with Gasteiger partial charge in [-0.3, -0.25) is 4.79 Å². The van der Waals surface area contributed by atoms with E-state index in [1.807, 2.05) is 4.90 Å². The maximum absolute atomic E-state index is 12.0. The molecule has 0 saturated carbocycles. The van der Waals surface area contributed by atoms with Crippen molar-refractivity contribution in [1.82, 2.24) is 4.90 Å². The Morgan fingerprint density at radius 1 is 1.67 bits per heavy atom. The molecule has 1 amide bonds. The molecule has 2 unspecified atom stereocenters. The lowest BCUT2D eigenvalue weighted by molar-refractivity contribution is -0.136. The van der Waals surface area contributed by atoms with Gasteiger partial charge in [-0.1, -0.05) is 13.0 Å². The Balaban J connectivity index is 2.58. The van der Waals surface area contributed by atoms with Crippen molar-refractivity contribution in [2.75, 3.05) is 6.54 Å². The van der Waals surface area contributed by atoms with E-state index in [0.717, 1.165) is 25.8 Å². The molecule has 0 aromatic rings. The van der Waals surface area contributed by atoms with E-state index >= 15 is 0 Å². The number of piperidine rings is 1. The Labute approximate surface area is 92.3 Å². The summed E-state index contributed by atoms with van der Waals surface area (Å²) < 4.78 is 0. The Kier molecular flexibility index (Phi) is 4.82. The van der Waals surface area contributed by atoms with Crippen LogP contribution in [-0.2, 0) is 4.79 Å². The molecule has 1 saturated heterocycles. The number of rotatable bonds is 4. The summed E-state index contributed by atoms with van der Waals surface area (Å²) in [4.78, 5) is 14.0. The highest BCUT2D eigenvalue weighted by atomic mass is 16.2. The van der Waals surface area contributed by atoms with E-state index in [1.54, 1.807) is 6.08 Å². The average Bonchev–Trinajstić information content (AvgIpc) is 2.28. The van der Waals surface area contributed by atoms with E-state index in [4.69, 9.17) is 5.73 Å². The second-order valence-electron chi connectivity index (χ2n) is 4.22. The van der Waals surface area contributed by atoms with Crippen molar-refractivity contribution in [3.8, 4) is 0 Å². The number of carbonyl (C=O) groups excluding carboxylic acids is 1. The molecule has 2 N–H and O–H groups in total. The van der Waals surface area contributed by atoms with Gasteiger partial charge in [0.2, 0.25) is 5.91 Å². The van der Waals surface area contributed by atoms with E-state index in [9.17, 15) is 4.79 Å². The second kappa shape index (κ2) is 5.91. The molecule has 15 heavy (non-hydrogen) atoms. The third-order valence-corrected chi connectivity index (χ3v) is 3.12. The first kappa shape index (κ1) is 12.2. The fourth-order valence-electron chi connectivity index (χ4n) is 2.21. The molecule has 1 fully saturated rings. The van der Waals surface area contributed by atoms with Crippen molar-refractivity contribution < 1.29 is 4.79 Å². The number of nitrogens with zero attached hydrogens (tertiary/aromatic N) is 1. The van der Waals surface area contributed by atoms with Gasteiger partial charge in [0, 0.05) is 12.6 Å². The highest BCUT2D eigenvalue weighted by Gasteiger charge is 2.27. The molecular weight excluding hydrogens is 188 g/mol. The largest absolute Gasteiger partial charge is 0.338 e. The Hall–Kier alpha value is -0.830. The zero-order chi connectivity index (χ0) is 11.3. The summed E-state index contributed by atoms with van der Waals surface area (Å²) in [6, 6.07) is 0.0109. The number of nitrogens with two attached hydrogens (primary N) is 1. The highest BCUT2D eigenvalue weighted by molar-refractivity contribution is 5.82. The maximum Gasteiger partial charge on any atom is 0.240 e. The lowest BCUT2D eigenvalue weighted by Gasteiger charge is -2.36. The number of amides is 1. The predicted octanol–water partition coefficient (Wildman–Crippen LogP) is 1.68. The molecule has 0 radical (unpaired) electrons. The molecule has 1 rings (SSSR count). The zero-order valence-corrected chi connectivity index (χ0v) is 9.61. The van der Waals surface area contributed by atoms with Crippen LogP contribution in [-0.4, -0.2) is 29.4 Å². The van der Waals surface area contributed by atoms with Crippen LogP contribution in [0, 0.1) is 0 Å². The summed E-state index contributed by atoms with van der Waals surface area (Å²) in [6.45, 7) is 6.63. The third-order valence-electron chi connectivity index (χ3n) is 3.12. The van der Waals surface area contributed by atoms with Crippen LogP contribution < -0.4 is 5.73 Å². The van der Waals surface area contributed by atoms with Gasteiger partial charge >= 0.3 is 0 Å². The number of carbonyl (C=O) groups is 1. The van der Waals surface area contributed by atoms with Gasteiger partial charge in [0.05, 0.1) is 6.04 Å². The first-order valence-corrected chi connectivity index (χ1v) is 5.87. The minimum absolute atomic E-state index is 0.0986. The van der Waals surface area contributed by atoms with Gasteiger partial charge in [-0.25, -0.2) is 0 Å². The lowest BCUT2D eigenvalue weighted by Crippen LogP contribution is -2.50. The summed E-state index contributed by atoms with van der Waals surface area (Å²) >= 11 is 0. The van der Waals surface area contributed by atoms with E-state index in [-0.39, 0.29) is 5.91 Å². The van der Waals surface area contributed by atoms with E-state index in [1.165, 1.54) is 6.42 Å². The van der Waals surface area contributed by atoms with Gasteiger partial charge in [0.15, 0.2) is 0 Å². The third kappa shape index (κ3) is 3.06. The van der Waals surface area contributed by atoms with Crippen molar-refractivity contribution in [2.45, 2.75) is 51.1 Å². The Morgan fingerprint density at radius 2 is 2.40 bits per heavy atom. The highest BCUT2D eigenvalue weighted by Crippen LogP contribution is 2.20. The van der Waals surface area contributed by atoms with E-state index < -0.39 is 6.04 Å². The molecule has 2 atom stereocenters. The SMILES string of the molecule is C=CCC(N)C(=O)N1CCCCC1CC. The molecule has 0 bridgehead atoms. The molecule has 0 aromatic heterocycles.